The lowest BCUT2D eigenvalue weighted by Crippen LogP contribution is -2.17. The van der Waals surface area contributed by atoms with Gasteiger partial charge in [0.15, 0.2) is 5.82 Å². The molecule has 0 N–H and O–H groups in total. The van der Waals surface area contributed by atoms with Crippen molar-refractivity contribution in [3.8, 4) is 5.88 Å². The Balaban J connectivity index is 2.25. The Kier molecular flexibility index (Phi) is 2.86. The van der Waals surface area contributed by atoms with Gasteiger partial charge in [0.2, 0.25) is 5.88 Å². The fourth-order valence-corrected chi connectivity index (χ4v) is 2.10. The molecule has 0 aliphatic carbocycles. The normalized spacial score (nSPS) is 21.9. The highest BCUT2D eigenvalue weighted by molar-refractivity contribution is 5.23. The fraction of sp³-hybridized carbons (Fsp3) is 0.545. The molecule has 0 aromatic carbocycles. The number of hydrogen-bond donors (Lipinski definition) is 0. The van der Waals surface area contributed by atoms with E-state index in [1.54, 1.807) is 6.20 Å². The molecule has 0 unspecified atom stereocenters. The third-order valence-corrected chi connectivity index (χ3v) is 2.93. The van der Waals surface area contributed by atoms with Crippen LogP contribution in [0, 0.1) is 5.82 Å². The van der Waals surface area contributed by atoms with Crippen molar-refractivity contribution in [2.75, 3.05) is 20.7 Å². The topological polar surface area (TPSA) is 25.4 Å². The van der Waals surface area contributed by atoms with Crippen LogP contribution in [0.5, 0.6) is 5.88 Å². The predicted octanol–water partition coefficient (Wildman–Crippen LogP) is 2.00. The summed E-state index contributed by atoms with van der Waals surface area (Å²) >= 11 is 0. The van der Waals surface area contributed by atoms with Crippen molar-refractivity contribution in [3.63, 3.8) is 0 Å². The van der Waals surface area contributed by atoms with Crippen molar-refractivity contribution in [2.45, 2.75) is 18.9 Å². The zero-order valence-electron chi connectivity index (χ0n) is 9.03. The molecule has 0 radical (unpaired) electrons. The number of methoxy groups -OCH3 is 1. The standard InChI is InChI=1S/C11H15FN2O/c1-14-5-3-4-10(14)8-6-9(12)11(15-2)13-7-8/h6-7,10H,3-5H2,1-2H3/t10-/m0/s1. The van der Waals surface area contributed by atoms with E-state index in [0.29, 0.717) is 6.04 Å². The zero-order valence-corrected chi connectivity index (χ0v) is 9.03. The number of ether oxygens (including phenoxy) is 1. The van der Waals surface area contributed by atoms with E-state index in [0.717, 1.165) is 24.9 Å². The lowest BCUT2D eigenvalue weighted by molar-refractivity contribution is 0.313. The Bertz CT molecular complexity index is 356. The molecule has 0 spiro atoms. The Morgan fingerprint density at radius 2 is 2.40 bits per heavy atom. The Labute approximate surface area is 88.9 Å². The number of nitrogens with zero attached hydrogens (tertiary/aromatic N) is 2. The van der Waals surface area contributed by atoms with E-state index in [2.05, 4.69) is 16.9 Å². The van der Waals surface area contributed by atoms with Crippen LogP contribution < -0.4 is 4.74 Å². The van der Waals surface area contributed by atoms with Gasteiger partial charge in [0.05, 0.1) is 7.11 Å². The van der Waals surface area contributed by atoms with Gasteiger partial charge in [-0.1, -0.05) is 0 Å². The highest BCUT2D eigenvalue weighted by atomic mass is 19.1. The van der Waals surface area contributed by atoms with Crippen LogP contribution in [0.3, 0.4) is 0 Å². The maximum atomic E-state index is 13.4. The lowest BCUT2D eigenvalue weighted by atomic mass is 10.1. The van der Waals surface area contributed by atoms with Crippen molar-refractivity contribution in [2.24, 2.45) is 0 Å². The van der Waals surface area contributed by atoms with Gasteiger partial charge in [-0.15, -0.1) is 0 Å². The first-order chi connectivity index (χ1) is 7.22. The second-order valence-corrected chi connectivity index (χ2v) is 3.90. The van der Waals surface area contributed by atoms with Crippen LogP contribution in [-0.4, -0.2) is 30.6 Å². The van der Waals surface area contributed by atoms with Crippen LogP contribution in [0.1, 0.15) is 24.4 Å². The van der Waals surface area contributed by atoms with Crippen molar-refractivity contribution in [1.29, 1.82) is 0 Å². The summed E-state index contributed by atoms with van der Waals surface area (Å²) in [5.74, 6) is -0.310. The maximum absolute atomic E-state index is 13.4. The number of halogens is 1. The smallest absolute Gasteiger partial charge is 0.250 e. The summed E-state index contributed by atoms with van der Waals surface area (Å²) in [6.45, 7) is 1.07. The molecule has 1 atom stereocenters. The van der Waals surface area contributed by atoms with E-state index in [1.807, 2.05) is 0 Å². The zero-order chi connectivity index (χ0) is 10.8. The second-order valence-electron chi connectivity index (χ2n) is 3.90. The van der Waals surface area contributed by atoms with E-state index in [1.165, 1.54) is 13.2 Å². The Morgan fingerprint density at radius 3 is 2.93 bits per heavy atom. The molecular formula is C11H15FN2O. The van der Waals surface area contributed by atoms with E-state index < -0.39 is 0 Å². The quantitative estimate of drug-likeness (QED) is 0.746. The molecule has 1 aliphatic rings. The number of likely N-dealkylation sites (tertiary alicyclic amines) is 1. The number of rotatable bonds is 2. The number of hydrogen-bond acceptors (Lipinski definition) is 3. The van der Waals surface area contributed by atoms with Crippen molar-refractivity contribution in [3.05, 3.63) is 23.6 Å². The van der Waals surface area contributed by atoms with Gasteiger partial charge in [-0.2, -0.15) is 0 Å². The molecule has 2 heterocycles. The van der Waals surface area contributed by atoms with Gasteiger partial charge in [-0.3, -0.25) is 4.90 Å². The summed E-state index contributed by atoms with van der Waals surface area (Å²) in [5.41, 5.74) is 0.938. The number of pyridine rings is 1. The first-order valence-corrected chi connectivity index (χ1v) is 5.12. The molecule has 4 heteroatoms. The van der Waals surface area contributed by atoms with Crippen LogP contribution in [0.2, 0.25) is 0 Å². The molecule has 1 aromatic rings. The first-order valence-electron chi connectivity index (χ1n) is 5.12. The second kappa shape index (κ2) is 4.14. The average molecular weight is 210 g/mol. The third-order valence-electron chi connectivity index (χ3n) is 2.93. The van der Waals surface area contributed by atoms with Gasteiger partial charge in [-0.25, -0.2) is 9.37 Å². The Morgan fingerprint density at radius 1 is 1.60 bits per heavy atom. The fourth-order valence-electron chi connectivity index (χ4n) is 2.10. The minimum atomic E-state index is -0.379. The molecular weight excluding hydrogens is 195 g/mol. The van der Waals surface area contributed by atoms with Crippen molar-refractivity contribution < 1.29 is 9.13 Å². The highest BCUT2D eigenvalue weighted by Gasteiger charge is 2.23. The van der Waals surface area contributed by atoms with Gasteiger partial charge in [0.1, 0.15) is 0 Å². The molecule has 2 rings (SSSR count). The van der Waals surface area contributed by atoms with Gasteiger partial charge >= 0.3 is 0 Å². The monoisotopic (exact) mass is 210 g/mol. The van der Waals surface area contributed by atoms with E-state index in [9.17, 15) is 4.39 Å². The van der Waals surface area contributed by atoms with Crippen LogP contribution in [0.4, 0.5) is 4.39 Å². The number of aromatic nitrogens is 1. The van der Waals surface area contributed by atoms with E-state index in [-0.39, 0.29) is 11.7 Å². The molecule has 1 aliphatic heterocycles. The first kappa shape index (κ1) is 10.4. The van der Waals surface area contributed by atoms with Crippen LogP contribution in [0.15, 0.2) is 12.3 Å². The average Bonchev–Trinajstić information content (AvgIpc) is 2.64. The van der Waals surface area contributed by atoms with Crippen LogP contribution in [0.25, 0.3) is 0 Å². The maximum Gasteiger partial charge on any atom is 0.250 e. The largest absolute Gasteiger partial charge is 0.479 e. The molecule has 0 saturated carbocycles. The molecule has 1 aromatic heterocycles. The lowest BCUT2D eigenvalue weighted by Gasteiger charge is -2.19. The van der Waals surface area contributed by atoms with Crippen molar-refractivity contribution in [1.82, 2.24) is 9.88 Å². The molecule has 3 nitrogen and oxygen atoms in total. The summed E-state index contributed by atoms with van der Waals surface area (Å²) in [7, 11) is 3.48. The van der Waals surface area contributed by atoms with Gasteiger partial charge in [0.25, 0.3) is 0 Å². The SMILES string of the molecule is COc1ncc([C@@H]2CCCN2C)cc1F. The molecule has 1 fully saturated rings. The highest BCUT2D eigenvalue weighted by Crippen LogP contribution is 2.31. The van der Waals surface area contributed by atoms with Gasteiger partial charge < -0.3 is 4.74 Å². The third kappa shape index (κ3) is 1.95. The summed E-state index contributed by atoms with van der Waals surface area (Å²) < 4.78 is 18.2. The molecule has 15 heavy (non-hydrogen) atoms. The van der Waals surface area contributed by atoms with Crippen LogP contribution in [-0.2, 0) is 0 Å². The van der Waals surface area contributed by atoms with E-state index >= 15 is 0 Å². The minimum Gasteiger partial charge on any atom is -0.479 e. The molecule has 0 bridgehead atoms. The van der Waals surface area contributed by atoms with Gasteiger partial charge in [0, 0.05) is 12.2 Å². The Hall–Kier alpha value is -1.16. The minimum absolute atomic E-state index is 0.0689. The van der Waals surface area contributed by atoms with Gasteiger partial charge in [-0.05, 0) is 38.1 Å². The van der Waals surface area contributed by atoms with E-state index in [4.69, 9.17) is 4.74 Å². The molecule has 0 amide bonds. The van der Waals surface area contributed by atoms with Crippen LogP contribution >= 0.6 is 0 Å². The summed E-state index contributed by atoms with van der Waals surface area (Å²) in [6, 6.07) is 1.83. The molecule has 82 valence electrons. The molecule has 1 saturated heterocycles. The summed E-state index contributed by atoms with van der Waals surface area (Å²) in [6.07, 6.45) is 3.94. The summed E-state index contributed by atoms with van der Waals surface area (Å²) in [4.78, 5) is 6.18. The summed E-state index contributed by atoms with van der Waals surface area (Å²) in [5, 5.41) is 0. The predicted molar refractivity (Wildman–Crippen MR) is 55.4 cm³/mol. The van der Waals surface area contributed by atoms with Crippen molar-refractivity contribution >= 4 is 0 Å².